The summed E-state index contributed by atoms with van der Waals surface area (Å²) in [5.74, 6) is 0.644. The van der Waals surface area contributed by atoms with Crippen molar-refractivity contribution >= 4 is 46.8 Å². The summed E-state index contributed by atoms with van der Waals surface area (Å²) in [6.07, 6.45) is 1.20. The van der Waals surface area contributed by atoms with Gasteiger partial charge in [-0.25, -0.2) is 0 Å². The molecule has 3 rings (SSSR count). The number of nitrogens with zero attached hydrogens (tertiary/aromatic N) is 1. The van der Waals surface area contributed by atoms with Gasteiger partial charge in [-0.05, 0) is 42.2 Å². The van der Waals surface area contributed by atoms with Crippen molar-refractivity contribution in [3.05, 3.63) is 105 Å². The smallest absolute Gasteiger partial charge is 0.243 e. The SMILES string of the molecule is CCCNC(=O)[C@H](Cc1ccccc1)N(Cc1c(Cl)cccc1Cl)C(=O)CSCc1ccccc1C. The Morgan fingerprint density at radius 2 is 1.61 bits per heavy atom. The summed E-state index contributed by atoms with van der Waals surface area (Å²) < 4.78 is 0. The molecule has 0 aliphatic carbocycles. The Morgan fingerprint density at radius 1 is 0.944 bits per heavy atom. The van der Waals surface area contributed by atoms with Gasteiger partial charge in [-0.15, -0.1) is 11.8 Å². The highest BCUT2D eigenvalue weighted by molar-refractivity contribution is 7.99. The van der Waals surface area contributed by atoms with Gasteiger partial charge in [0.05, 0.1) is 5.75 Å². The molecule has 0 fully saturated rings. The third-order valence-corrected chi connectivity index (χ3v) is 7.63. The number of carbonyl (C=O) groups excluding carboxylic acids is 2. The number of carbonyl (C=O) groups is 2. The molecule has 0 heterocycles. The van der Waals surface area contributed by atoms with Gasteiger partial charge in [0, 0.05) is 40.9 Å². The van der Waals surface area contributed by atoms with Crippen molar-refractivity contribution in [2.24, 2.45) is 0 Å². The number of rotatable bonds is 12. The van der Waals surface area contributed by atoms with E-state index < -0.39 is 6.04 Å². The molecule has 0 saturated heterocycles. The molecule has 3 aromatic carbocycles. The number of benzene rings is 3. The van der Waals surface area contributed by atoms with E-state index in [1.54, 1.807) is 34.9 Å². The topological polar surface area (TPSA) is 49.4 Å². The van der Waals surface area contributed by atoms with E-state index in [0.717, 1.165) is 12.0 Å². The molecule has 0 radical (unpaired) electrons. The highest BCUT2D eigenvalue weighted by Gasteiger charge is 2.31. The lowest BCUT2D eigenvalue weighted by molar-refractivity contribution is -0.139. The zero-order valence-corrected chi connectivity index (χ0v) is 23.0. The van der Waals surface area contributed by atoms with E-state index >= 15 is 0 Å². The Bertz CT molecular complexity index is 1140. The second-order valence-electron chi connectivity index (χ2n) is 8.64. The average molecular weight is 544 g/mol. The minimum atomic E-state index is -0.696. The number of halogens is 2. The molecule has 0 saturated carbocycles. The maximum atomic E-state index is 13.7. The molecule has 36 heavy (non-hydrogen) atoms. The third-order valence-electron chi connectivity index (χ3n) is 5.95. The van der Waals surface area contributed by atoms with Crippen LogP contribution < -0.4 is 5.32 Å². The normalized spacial score (nSPS) is 11.7. The largest absolute Gasteiger partial charge is 0.354 e. The monoisotopic (exact) mass is 542 g/mol. The van der Waals surface area contributed by atoms with Crippen LogP contribution in [-0.4, -0.2) is 35.1 Å². The Kier molecular flexibility index (Phi) is 11.2. The number of amides is 2. The maximum Gasteiger partial charge on any atom is 0.243 e. The van der Waals surface area contributed by atoms with Crippen molar-refractivity contribution in [1.82, 2.24) is 10.2 Å². The van der Waals surface area contributed by atoms with Crippen molar-refractivity contribution in [2.45, 2.75) is 45.0 Å². The Hall–Kier alpha value is -2.47. The molecule has 7 heteroatoms. The predicted octanol–water partition coefficient (Wildman–Crippen LogP) is 6.70. The average Bonchev–Trinajstić information content (AvgIpc) is 2.88. The summed E-state index contributed by atoms with van der Waals surface area (Å²) >= 11 is 14.5. The first-order valence-electron chi connectivity index (χ1n) is 12.1. The summed E-state index contributed by atoms with van der Waals surface area (Å²) in [4.78, 5) is 28.7. The van der Waals surface area contributed by atoms with Crippen LogP contribution in [0.5, 0.6) is 0 Å². The molecular weight excluding hydrogens is 511 g/mol. The number of hydrogen-bond donors (Lipinski definition) is 1. The fourth-order valence-electron chi connectivity index (χ4n) is 3.88. The molecule has 0 unspecified atom stereocenters. The van der Waals surface area contributed by atoms with Crippen LogP contribution in [0.25, 0.3) is 0 Å². The zero-order chi connectivity index (χ0) is 25.9. The van der Waals surface area contributed by atoms with Gasteiger partial charge in [-0.2, -0.15) is 0 Å². The van der Waals surface area contributed by atoms with Gasteiger partial charge in [-0.1, -0.05) is 90.8 Å². The van der Waals surface area contributed by atoms with Crippen LogP contribution in [0, 0.1) is 6.92 Å². The lowest BCUT2D eigenvalue weighted by Gasteiger charge is -2.32. The minimum absolute atomic E-state index is 0.128. The van der Waals surface area contributed by atoms with E-state index in [-0.39, 0.29) is 24.1 Å². The van der Waals surface area contributed by atoms with Gasteiger partial charge < -0.3 is 10.2 Å². The van der Waals surface area contributed by atoms with E-state index in [0.29, 0.717) is 34.3 Å². The van der Waals surface area contributed by atoms with E-state index in [1.807, 2.05) is 49.4 Å². The lowest BCUT2D eigenvalue weighted by atomic mass is 10.0. The quantitative estimate of drug-likeness (QED) is 0.277. The Morgan fingerprint density at radius 3 is 2.28 bits per heavy atom. The van der Waals surface area contributed by atoms with Gasteiger partial charge in [0.1, 0.15) is 6.04 Å². The number of aryl methyl sites for hydroxylation is 1. The van der Waals surface area contributed by atoms with Crippen molar-refractivity contribution in [3.8, 4) is 0 Å². The summed E-state index contributed by atoms with van der Waals surface area (Å²) in [6, 6.07) is 22.5. The van der Waals surface area contributed by atoms with Gasteiger partial charge >= 0.3 is 0 Å². The minimum Gasteiger partial charge on any atom is -0.354 e. The summed E-state index contributed by atoms with van der Waals surface area (Å²) in [7, 11) is 0. The van der Waals surface area contributed by atoms with Crippen molar-refractivity contribution in [1.29, 1.82) is 0 Å². The molecule has 0 aliphatic heterocycles. The second-order valence-corrected chi connectivity index (χ2v) is 10.4. The van der Waals surface area contributed by atoms with Crippen LogP contribution in [0.4, 0.5) is 0 Å². The summed E-state index contributed by atoms with van der Waals surface area (Å²) in [6.45, 7) is 4.76. The molecule has 4 nitrogen and oxygen atoms in total. The first-order valence-corrected chi connectivity index (χ1v) is 14.0. The molecule has 1 N–H and O–H groups in total. The molecule has 0 spiro atoms. The van der Waals surface area contributed by atoms with Crippen molar-refractivity contribution < 1.29 is 9.59 Å². The maximum absolute atomic E-state index is 13.7. The summed E-state index contributed by atoms with van der Waals surface area (Å²) in [5, 5.41) is 3.93. The molecule has 190 valence electrons. The van der Waals surface area contributed by atoms with Crippen LogP contribution in [-0.2, 0) is 28.3 Å². The molecular formula is C29H32Cl2N2O2S. The molecule has 1 atom stereocenters. The highest BCUT2D eigenvalue weighted by atomic mass is 35.5. The van der Waals surface area contributed by atoms with E-state index in [4.69, 9.17) is 23.2 Å². The molecule has 2 amide bonds. The van der Waals surface area contributed by atoms with E-state index in [1.165, 1.54) is 11.1 Å². The molecule has 3 aromatic rings. The summed E-state index contributed by atoms with van der Waals surface area (Å²) in [5.41, 5.74) is 4.00. The zero-order valence-electron chi connectivity index (χ0n) is 20.7. The third kappa shape index (κ3) is 8.02. The Labute approximate surface area is 228 Å². The van der Waals surface area contributed by atoms with E-state index in [2.05, 4.69) is 24.4 Å². The number of hydrogen-bond acceptors (Lipinski definition) is 3. The van der Waals surface area contributed by atoms with Gasteiger partial charge in [0.15, 0.2) is 0 Å². The van der Waals surface area contributed by atoms with Crippen LogP contribution in [0.2, 0.25) is 10.0 Å². The first kappa shape index (κ1) is 28.1. The fraction of sp³-hybridized carbons (Fsp3) is 0.310. The number of nitrogens with one attached hydrogen (secondary N) is 1. The number of thioether (sulfide) groups is 1. The van der Waals surface area contributed by atoms with Crippen molar-refractivity contribution in [2.75, 3.05) is 12.3 Å². The molecule has 0 aliphatic rings. The van der Waals surface area contributed by atoms with Crippen LogP contribution >= 0.6 is 35.0 Å². The highest BCUT2D eigenvalue weighted by Crippen LogP contribution is 2.28. The van der Waals surface area contributed by atoms with Crippen LogP contribution in [0.3, 0.4) is 0 Å². The predicted molar refractivity (Wildman–Crippen MR) is 152 cm³/mol. The van der Waals surface area contributed by atoms with Gasteiger partial charge in [-0.3, -0.25) is 9.59 Å². The molecule has 0 aromatic heterocycles. The first-order chi connectivity index (χ1) is 17.4. The standard InChI is InChI=1S/C29H32Cl2N2O2S/c1-3-16-32-29(35)27(17-22-11-5-4-6-12-22)33(18-24-25(30)14-9-15-26(24)31)28(34)20-36-19-23-13-8-7-10-21(23)2/h4-15,27H,3,16-20H2,1-2H3,(H,32,35)/t27-/m0/s1. The van der Waals surface area contributed by atoms with Crippen LogP contribution in [0.1, 0.15) is 35.6 Å². The molecule has 0 bridgehead atoms. The second kappa shape index (κ2) is 14.3. The van der Waals surface area contributed by atoms with Gasteiger partial charge in [0.25, 0.3) is 0 Å². The lowest BCUT2D eigenvalue weighted by Crippen LogP contribution is -2.51. The fourth-order valence-corrected chi connectivity index (χ4v) is 5.38. The van der Waals surface area contributed by atoms with Crippen LogP contribution in [0.15, 0.2) is 72.8 Å². The van der Waals surface area contributed by atoms with Crippen molar-refractivity contribution in [3.63, 3.8) is 0 Å². The van der Waals surface area contributed by atoms with Gasteiger partial charge in [0.2, 0.25) is 11.8 Å². The Balaban J connectivity index is 1.89. The van der Waals surface area contributed by atoms with E-state index in [9.17, 15) is 9.59 Å².